The lowest BCUT2D eigenvalue weighted by Crippen LogP contribution is -2.33. The summed E-state index contributed by atoms with van der Waals surface area (Å²) in [6.45, 7) is 1.80. The average Bonchev–Trinajstić information content (AvgIpc) is 2.94. The zero-order valence-electron chi connectivity index (χ0n) is 11.3. The normalized spacial score (nSPS) is 12.2. The van der Waals surface area contributed by atoms with Crippen molar-refractivity contribution in [2.45, 2.75) is 19.5 Å². The zero-order valence-corrected chi connectivity index (χ0v) is 11.3. The van der Waals surface area contributed by atoms with Crippen molar-refractivity contribution in [3.8, 4) is 0 Å². The van der Waals surface area contributed by atoms with Crippen molar-refractivity contribution in [2.75, 3.05) is 7.05 Å². The highest BCUT2D eigenvalue weighted by molar-refractivity contribution is 5.79. The number of carbonyl (C=O) groups is 1. The molecular formula is C14H15F2N3O. The van der Waals surface area contributed by atoms with Gasteiger partial charge in [-0.25, -0.2) is 8.78 Å². The molecule has 0 aliphatic carbocycles. The molecule has 2 rings (SSSR count). The number of likely N-dealkylation sites (N-methyl/N-ethyl adjacent to an activating group) is 1. The first kappa shape index (κ1) is 14.2. The highest BCUT2D eigenvalue weighted by Crippen LogP contribution is 2.14. The lowest BCUT2D eigenvalue weighted by molar-refractivity contribution is -0.133. The van der Waals surface area contributed by atoms with Gasteiger partial charge in [-0.2, -0.15) is 5.10 Å². The van der Waals surface area contributed by atoms with Crippen LogP contribution >= 0.6 is 0 Å². The van der Waals surface area contributed by atoms with Crippen LogP contribution < -0.4 is 0 Å². The summed E-state index contributed by atoms with van der Waals surface area (Å²) in [5.41, 5.74) is 0.273. The summed E-state index contributed by atoms with van der Waals surface area (Å²) in [7, 11) is 1.57. The number of halogens is 2. The van der Waals surface area contributed by atoms with Gasteiger partial charge in [-0.15, -0.1) is 0 Å². The number of aromatic nitrogens is 2. The van der Waals surface area contributed by atoms with Crippen LogP contribution in [0.2, 0.25) is 0 Å². The van der Waals surface area contributed by atoms with Gasteiger partial charge in [-0.1, -0.05) is 6.07 Å². The van der Waals surface area contributed by atoms with E-state index in [2.05, 4.69) is 5.10 Å². The third kappa shape index (κ3) is 3.01. The fourth-order valence-corrected chi connectivity index (χ4v) is 1.93. The van der Waals surface area contributed by atoms with Gasteiger partial charge in [-0.3, -0.25) is 9.48 Å². The molecule has 1 aromatic heterocycles. The predicted octanol–water partition coefficient (Wildman–Crippen LogP) is 2.38. The molecule has 0 saturated carbocycles. The summed E-state index contributed by atoms with van der Waals surface area (Å²) >= 11 is 0. The minimum Gasteiger partial charge on any atom is -0.339 e. The second-order valence-corrected chi connectivity index (χ2v) is 4.59. The van der Waals surface area contributed by atoms with Gasteiger partial charge in [0.05, 0.1) is 0 Å². The molecule has 1 unspecified atom stereocenters. The fourth-order valence-electron chi connectivity index (χ4n) is 1.93. The van der Waals surface area contributed by atoms with Crippen LogP contribution in [0.3, 0.4) is 0 Å². The monoisotopic (exact) mass is 279 g/mol. The molecule has 6 heteroatoms. The minimum absolute atomic E-state index is 0.0799. The van der Waals surface area contributed by atoms with E-state index in [1.807, 2.05) is 0 Å². The largest absolute Gasteiger partial charge is 0.339 e. The average molecular weight is 279 g/mol. The SMILES string of the molecule is CC(C(=O)N(C)Cc1ccc(F)cc1F)n1cccn1. The van der Waals surface area contributed by atoms with Crippen LogP contribution in [0.5, 0.6) is 0 Å². The second-order valence-electron chi connectivity index (χ2n) is 4.59. The topological polar surface area (TPSA) is 38.1 Å². The highest BCUT2D eigenvalue weighted by Gasteiger charge is 2.20. The minimum atomic E-state index is -0.656. The number of amides is 1. The van der Waals surface area contributed by atoms with Crippen LogP contribution in [0.1, 0.15) is 18.5 Å². The molecule has 0 spiro atoms. The van der Waals surface area contributed by atoms with Crippen molar-refractivity contribution in [3.63, 3.8) is 0 Å². The van der Waals surface area contributed by atoms with Crippen LogP contribution in [0.15, 0.2) is 36.7 Å². The van der Waals surface area contributed by atoms with E-state index < -0.39 is 17.7 Å². The lowest BCUT2D eigenvalue weighted by Gasteiger charge is -2.22. The standard InChI is InChI=1S/C14H15F2N3O/c1-10(19-7-3-6-17-19)14(20)18(2)9-11-4-5-12(15)8-13(11)16/h3-8,10H,9H2,1-2H3. The lowest BCUT2D eigenvalue weighted by atomic mass is 10.2. The number of nitrogens with zero attached hydrogens (tertiary/aromatic N) is 3. The second kappa shape index (κ2) is 5.81. The summed E-state index contributed by atoms with van der Waals surface area (Å²) in [6, 6.07) is 4.58. The van der Waals surface area contributed by atoms with Gasteiger partial charge in [0.25, 0.3) is 0 Å². The summed E-state index contributed by atoms with van der Waals surface area (Å²) < 4.78 is 27.9. The molecule has 2 aromatic rings. The highest BCUT2D eigenvalue weighted by atomic mass is 19.1. The molecule has 106 valence electrons. The Kier molecular flexibility index (Phi) is 4.12. The molecule has 0 radical (unpaired) electrons. The van der Waals surface area contributed by atoms with E-state index in [9.17, 15) is 13.6 Å². The van der Waals surface area contributed by atoms with Crippen molar-refractivity contribution in [1.29, 1.82) is 0 Å². The summed E-state index contributed by atoms with van der Waals surface area (Å²) in [6.07, 6.45) is 3.28. The summed E-state index contributed by atoms with van der Waals surface area (Å²) in [5, 5.41) is 4.00. The van der Waals surface area contributed by atoms with Gasteiger partial charge < -0.3 is 4.90 Å². The molecule has 0 fully saturated rings. The summed E-state index contributed by atoms with van der Waals surface area (Å²) in [4.78, 5) is 13.6. The number of rotatable bonds is 4. The molecule has 0 aliphatic heterocycles. The first-order chi connectivity index (χ1) is 9.49. The van der Waals surface area contributed by atoms with Crippen molar-refractivity contribution >= 4 is 5.91 Å². The molecule has 0 N–H and O–H groups in total. The Labute approximate surface area is 115 Å². The molecular weight excluding hydrogens is 264 g/mol. The Hall–Kier alpha value is -2.24. The third-order valence-electron chi connectivity index (χ3n) is 3.08. The molecule has 0 saturated heterocycles. The number of benzene rings is 1. The van der Waals surface area contributed by atoms with Gasteiger partial charge in [0, 0.05) is 37.6 Å². The fraction of sp³-hybridized carbons (Fsp3) is 0.286. The van der Waals surface area contributed by atoms with Crippen molar-refractivity contribution < 1.29 is 13.6 Å². The van der Waals surface area contributed by atoms with Crippen molar-refractivity contribution in [3.05, 3.63) is 53.9 Å². The first-order valence-electron chi connectivity index (χ1n) is 6.17. The predicted molar refractivity (Wildman–Crippen MR) is 69.8 cm³/mol. The Bertz CT molecular complexity index is 598. The van der Waals surface area contributed by atoms with Crippen molar-refractivity contribution in [1.82, 2.24) is 14.7 Å². The summed E-state index contributed by atoms with van der Waals surface area (Å²) in [5.74, 6) is -1.49. The van der Waals surface area contributed by atoms with E-state index in [0.29, 0.717) is 0 Å². The van der Waals surface area contributed by atoms with Crippen LogP contribution in [0.4, 0.5) is 8.78 Å². The van der Waals surface area contributed by atoms with E-state index in [1.54, 1.807) is 32.4 Å². The Morgan fingerprint density at radius 1 is 1.45 bits per heavy atom. The van der Waals surface area contributed by atoms with Crippen molar-refractivity contribution in [2.24, 2.45) is 0 Å². The van der Waals surface area contributed by atoms with Gasteiger partial charge in [-0.05, 0) is 19.1 Å². The van der Waals surface area contributed by atoms with Gasteiger partial charge in [0.1, 0.15) is 17.7 Å². The third-order valence-corrected chi connectivity index (χ3v) is 3.08. The van der Waals surface area contributed by atoms with Crippen LogP contribution in [-0.4, -0.2) is 27.6 Å². The van der Waals surface area contributed by atoms with Gasteiger partial charge in [0.15, 0.2) is 0 Å². The first-order valence-corrected chi connectivity index (χ1v) is 6.17. The quantitative estimate of drug-likeness (QED) is 0.862. The van der Waals surface area contributed by atoms with Gasteiger partial charge >= 0.3 is 0 Å². The Balaban J connectivity index is 2.07. The molecule has 0 bridgehead atoms. The van der Waals surface area contributed by atoms with E-state index >= 15 is 0 Å². The zero-order chi connectivity index (χ0) is 14.7. The van der Waals surface area contributed by atoms with Crippen LogP contribution in [0, 0.1) is 11.6 Å². The van der Waals surface area contributed by atoms with E-state index in [0.717, 1.165) is 6.07 Å². The van der Waals surface area contributed by atoms with Gasteiger partial charge in [0.2, 0.25) is 5.91 Å². The molecule has 0 aliphatic rings. The van der Waals surface area contributed by atoms with E-state index in [1.165, 1.54) is 21.7 Å². The maximum absolute atomic E-state index is 13.6. The van der Waals surface area contributed by atoms with E-state index in [4.69, 9.17) is 0 Å². The number of carbonyl (C=O) groups excluding carboxylic acids is 1. The number of hydrogen-bond donors (Lipinski definition) is 0. The molecule has 1 heterocycles. The molecule has 1 atom stereocenters. The molecule has 20 heavy (non-hydrogen) atoms. The molecule has 4 nitrogen and oxygen atoms in total. The smallest absolute Gasteiger partial charge is 0.247 e. The maximum atomic E-state index is 13.6. The Morgan fingerprint density at radius 2 is 2.20 bits per heavy atom. The maximum Gasteiger partial charge on any atom is 0.247 e. The van der Waals surface area contributed by atoms with E-state index in [-0.39, 0.29) is 18.0 Å². The Morgan fingerprint density at radius 3 is 2.80 bits per heavy atom. The van der Waals surface area contributed by atoms with Crippen LogP contribution in [0.25, 0.3) is 0 Å². The molecule has 1 aromatic carbocycles. The number of hydrogen-bond acceptors (Lipinski definition) is 2. The van der Waals surface area contributed by atoms with Crippen LogP contribution in [-0.2, 0) is 11.3 Å². The molecule has 1 amide bonds.